The molecule has 18 heavy (non-hydrogen) atoms. The molecule has 0 aromatic carbocycles. The van der Waals surface area contributed by atoms with E-state index in [1.807, 2.05) is 4.90 Å². The molecule has 1 aliphatic heterocycles. The molecule has 0 saturated carbocycles. The number of Topliss-reactive ketones (excluding diaryl/α,β-unsaturated/α-hetero) is 1. The highest BCUT2D eigenvalue weighted by Crippen LogP contribution is 2.13. The number of nitrogens with zero attached hydrogens (tertiary/aromatic N) is 2. The molecule has 6 heteroatoms. The molecule has 0 bridgehead atoms. The SMILES string of the molecule is Cc1nc(N2CCC(=O)CC2)[nH]c(=O)c1CCO. The lowest BCUT2D eigenvalue weighted by Gasteiger charge is -2.26. The van der Waals surface area contributed by atoms with Crippen molar-refractivity contribution in [2.75, 3.05) is 24.6 Å². The Morgan fingerprint density at radius 1 is 1.33 bits per heavy atom. The number of aliphatic hydroxyl groups is 1. The Balaban J connectivity index is 2.25. The van der Waals surface area contributed by atoms with E-state index in [1.54, 1.807) is 6.92 Å². The Hall–Kier alpha value is -1.69. The minimum Gasteiger partial charge on any atom is -0.396 e. The second-order valence-electron chi connectivity index (χ2n) is 4.45. The third-order valence-electron chi connectivity index (χ3n) is 3.19. The third kappa shape index (κ3) is 2.59. The van der Waals surface area contributed by atoms with Crippen molar-refractivity contribution in [2.45, 2.75) is 26.2 Å². The Kier molecular flexibility index (Phi) is 3.76. The van der Waals surface area contributed by atoms with Gasteiger partial charge in [-0.1, -0.05) is 0 Å². The van der Waals surface area contributed by atoms with Crippen LogP contribution in [0.15, 0.2) is 4.79 Å². The van der Waals surface area contributed by atoms with E-state index in [0.29, 0.717) is 49.6 Å². The number of hydrogen-bond donors (Lipinski definition) is 2. The summed E-state index contributed by atoms with van der Waals surface area (Å²) in [7, 11) is 0. The number of rotatable bonds is 3. The second kappa shape index (κ2) is 5.30. The van der Waals surface area contributed by atoms with E-state index in [4.69, 9.17) is 5.11 Å². The fraction of sp³-hybridized carbons (Fsp3) is 0.583. The van der Waals surface area contributed by atoms with E-state index < -0.39 is 0 Å². The minimum absolute atomic E-state index is 0.0663. The van der Waals surface area contributed by atoms with E-state index >= 15 is 0 Å². The number of anilines is 1. The van der Waals surface area contributed by atoms with Gasteiger partial charge >= 0.3 is 0 Å². The van der Waals surface area contributed by atoms with E-state index in [-0.39, 0.29) is 17.9 Å². The van der Waals surface area contributed by atoms with Gasteiger partial charge in [0.1, 0.15) is 5.78 Å². The van der Waals surface area contributed by atoms with E-state index in [2.05, 4.69) is 9.97 Å². The lowest BCUT2D eigenvalue weighted by atomic mass is 10.1. The molecule has 0 spiro atoms. The van der Waals surface area contributed by atoms with Crippen LogP contribution >= 0.6 is 0 Å². The molecule has 2 rings (SSSR count). The van der Waals surface area contributed by atoms with Gasteiger partial charge in [0.2, 0.25) is 5.95 Å². The third-order valence-corrected chi connectivity index (χ3v) is 3.19. The van der Waals surface area contributed by atoms with Crippen molar-refractivity contribution in [1.29, 1.82) is 0 Å². The molecule has 0 radical (unpaired) electrons. The Morgan fingerprint density at radius 2 is 2.00 bits per heavy atom. The van der Waals surface area contributed by atoms with E-state index in [0.717, 1.165) is 0 Å². The first-order valence-electron chi connectivity index (χ1n) is 6.09. The standard InChI is InChI=1S/C12H17N3O3/c1-8-10(4-7-16)11(18)14-12(13-8)15-5-2-9(17)3-6-15/h16H,2-7H2,1H3,(H,13,14,18). The van der Waals surface area contributed by atoms with E-state index in [1.165, 1.54) is 0 Å². The van der Waals surface area contributed by atoms with Crippen LogP contribution in [0.5, 0.6) is 0 Å². The normalized spacial score (nSPS) is 16.1. The smallest absolute Gasteiger partial charge is 0.255 e. The highest BCUT2D eigenvalue weighted by atomic mass is 16.3. The maximum atomic E-state index is 11.9. The zero-order chi connectivity index (χ0) is 13.1. The van der Waals surface area contributed by atoms with Crippen LogP contribution < -0.4 is 10.5 Å². The molecule has 1 aromatic heterocycles. The molecule has 1 aromatic rings. The summed E-state index contributed by atoms with van der Waals surface area (Å²) in [5.74, 6) is 0.772. The van der Waals surface area contributed by atoms with Crippen LogP contribution in [0.3, 0.4) is 0 Å². The predicted molar refractivity (Wildman–Crippen MR) is 66.8 cm³/mol. The van der Waals surface area contributed by atoms with Crippen molar-refractivity contribution in [2.24, 2.45) is 0 Å². The molecule has 0 unspecified atom stereocenters. The molecule has 6 nitrogen and oxygen atoms in total. The molecule has 0 aliphatic carbocycles. The molecule has 1 aliphatic rings. The Morgan fingerprint density at radius 3 is 2.56 bits per heavy atom. The van der Waals surface area contributed by atoms with Crippen molar-refractivity contribution in [3.05, 3.63) is 21.6 Å². The van der Waals surface area contributed by atoms with Gasteiger partial charge in [-0.05, 0) is 6.92 Å². The zero-order valence-electron chi connectivity index (χ0n) is 10.4. The number of carbonyl (C=O) groups excluding carboxylic acids is 1. The number of ketones is 1. The number of carbonyl (C=O) groups is 1. The Bertz CT molecular complexity index is 500. The first kappa shape index (κ1) is 12.8. The summed E-state index contributed by atoms with van der Waals surface area (Å²) in [6, 6.07) is 0. The average molecular weight is 251 g/mol. The van der Waals surface area contributed by atoms with Gasteiger partial charge in [-0.15, -0.1) is 0 Å². The molecule has 98 valence electrons. The fourth-order valence-electron chi connectivity index (χ4n) is 2.12. The van der Waals surface area contributed by atoms with Crippen molar-refractivity contribution in [1.82, 2.24) is 9.97 Å². The number of H-pyrrole nitrogens is 1. The highest BCUT2D eigenvalue weighted by Gasteiger charge is 2.19. The minimum atomic E-state index is -0.205. The van der Waals surface area contributed by atoms with Gasteiger partial charge in [0.25, 0.3) is 5.56 Å². The zero-order valence-corrected chi connectivity index (χ0v) is 10.4. The monoisotopic (exact) mass is 251 g/mol. The molecule has 2 heterocycles. The van der Waals surface area contributed by atoms with Gasteiger partial charge in [-0.3, -0.25) is 14.6 Å². The fourth-order valence-corrected chi connectivity index (χ4v) is 2.12. The second-order valence-corrected chi connectivity index (χ2v) is 4.45. The molecule has 1 fully saturated rings. The number of hydrogen-bond acceptors (Lipinski definition) is 5. The molecule has 0 atom stereocenters. The average Bonchev–Trinajstić information content (AvgIpc) is 2.34. The van der Waals surface area contributed by atoms with Crippen LogP contribution in [0.1, 0.15) is 24.1 Å². The van der Waals surface area contributed by atoms with Crippen LogP contribution in [0.25, 0.3) is 0 Å². The lowest BCUT2D eigenvalue weighted by molar-refractivity contribution is -0.119. The summed E-state index contributed by atoms with van der Waals surface area (Å²) >= 11 is 0. The molecular weight excluding hydrogens is 234 g/mol. The van der Waals surface area contributed by atoms with Crippen LogP contribution in [-0.4, -0.2) is 40.6 Å². The number of nitrogens with one attached hydrogen (secondary N) is 1. The maximum absolute atomic E-state index is 11.9. The summed E-state index contributed by atoms with van der Waals surface area (Å²) in [4.78, 5) is 32.0. The first-order valence-corrected chi connectivity index (χ1v) is 6.09. The van der Waals surface area contributed by atoms with Crippen molar-refractivity contribution in [3.8, 4) is 0 Å². The van der Waals surface area contributed by atoms with Crippen LogP contribution in [0.4, 0.5) is 5.95 Å². The summed E-state index contributed by atoms with van der Waals surface area (Å²) in [6.45, 7) is 2.89. The summed E-state index contributed by atoms with van der Waals surface area (Å²) in [6.07, 6.45) is 1.31. The largest absolute Gasteiger partial charge is 0.396 e. The van der Waals surface area contributed by atoms with E-state index in [9.17, 15) is 9.59 Å². The van der Waals surface area contributed by atoms with Gasteiger partial charge in [-0.2, -0.15) is 0 Å². The van der Waals surface area contributed by atoms with Crippen LogP contribution in [-0.2, 0) is 11.2 Å². The summed E-state index contributed by atoms with van der Waals surface area (Å²) < 4.78 is 0. The quantitative estimate of drug-likeness (QED) is 0.775. The van der Waals surface area contributed by atoms with Gasteiger partial charge in [0, 0.05) is 44.5 Å². The topological polar surface area (TPSA) is 86.3 Å². The molecule has 2 N–H and O–H groups in total. The van der Waals surface area contributed by atoms with Gasteiger partial charge in [0.05, 0.1) is 5.69 Å². The lowest BCUT2D eigenvalue weighted by Crippen LogP contribution is -2.36. The molecule has 1 saturated heterocycles. The number of aromatic amines is 1. The number of aromatic nitrogens is 2. The number of aliphatic hydroxyl groups excluding tert-OH is 1. The van der Waals surface area contributed by atoms with Crippen molar-refractivity contribution >= 4 is 11.7 Å². The van der Waals surface area contributed by atoms with Gasteiger partial charge < -0.3 is 10.0 Å². The van der Waals surface area contributed by atoms with Crippen LogP contribution in [0, 0.1) is 6.92 Å². The first-order chi connectivity index (χ1) is 8.61. The molecular formula is C12H17N3O3. The summed E-state index contributed by atoms with van der Waals surface area (Å²) in [5, 5.41) is 8.89. The maximum Gasteiger partial charge on any atom is 0.255 e. The number of piperidine rings is 1. The van der Waals surface area contributed by atoms with Gasteiger partial charge in [-0.25, -0.2) is 4.98 Å². The van der Waals surface area contributed by atoms with Gasteiger partial charge in [0.15, 0.2) is 0 Å². The molecule has 0 amide bonds. The highest BCUT2D eigenvalue weighted by molar-refractivity contribution is 5.80. The predicted octanol–water partition coefficient (Wildman–Crippen LogP) is -0.218. The van der Waals surface area contributed by atoms with Crippen molar-refractivity contribution in [3.63, 3.8) is 0 Å². The van der Waals surface area contributed by atoms with Crippen molar-refractivity contribution < 1.29 is 9.90 Å². The summed E-state index contributed by atoms with van der Waals surface area (Å²) in [5.41, 5.74) is 0.956. The number of aryl methyl sites for hydroxylation is 1. The van der Waals surface area contributed by atoms with Crippen LogP contribution in [0.2, 0.25) is 0 Å². The Labute approximate surface area is 105 Å².